The first kappa shape index (κ1) is 14.0. The van der Waals surface area contributed by atoms with Gasteiger partial charge in [0.1, 0.15) is 11.6 Å². The highest BCUT2D eigenvalue weighted by Gasteiger charge is 2.12. The van der Waals surface area contributed by atoms with Crippen molar-refractivity contribution in [2.75, 3.05) is 5.43 Å². The van der Waals surface area contributed by atoms with Crippen LogP contribution in [-0.4, -0.2) is 6.21 Å². The van der Waals surface area contributed by atoms with Crippen LogP contribution >= 0.6 is 0 Å². The Labute approximate surface area is 110 Å². The number of nitrogens with one attached hydrogen (secondary N) is 1. The van der Waals surface area contributed by atoms with Crippen LogP contribution in [0.4, 0.5) is 27.6 Å². The molecule has 0 saturated carbocycles. The molecule has 104 valence electrons. The van der Waals surface area contributed by atoms with Crippen molar-refractivity contribution in [1.29, 1.82) is 0 Å². The zero-order chi connectivity index (χ0) is 14.7. The standard InChI is InChI=1S/C13H7F5N2/c14-8-3-7(4-9(15)5-8)6-19-20-11-2-1-10(16)12(17)13(11)18/h1-6,20H/b19-6+. The molecular weight excluding hydrogens is 279 g/mol. The molecule has 0 fully saturated rings. The molecule has 0 aromatic heterocycles. The maximum absolute atomic E-state index is 13.2. The first-order valence-corrected chi connectivity index (χ1v) is 5.36. The van der Waals surface area contributed by atoms with Crippen molar-refractivity contribution < 1.29 is 22.0 Å². The van der Waals surface area contributed by atoms with Gasteiger partial charge in [-0.05, 0) is 24.3 Å². The highest BCUT2D eigenvalue weighted by molar-refractivity contribution is 5.80. The maximum atomic E-state index is 13.2. The van der Waals surface area contributed by atoms with E-state index in [0.29, 0.717) is 6.07 Å². The first-order chi connectivity index (χ1) is 9.47. The van der Waals surface area contributed by atoms with Crippen LogP contribution in [0.3, 0.4) is 0 Å². The fourth-order valence-corrected chi connectivity index (χ4v) is 1.44. The summed E-state index contributed by atoms with van der Waals surface area (Å²) in [5.41, 5.74) is 1.79. The van der Waals surface area contributed by atoms with Gasteiger partial charge in [-0.15, -0.1) is 0 Å². The smallest absolute Gasteiger partial charge is 0.196 e. The summed E-state index contributed by atoms with van der Waals surface area (Å²) >= 11 is 0. The first-order valence-electron chi connectivity index (χ1n) is 5.36. The summed E-state index contributed by atoms with van der Waals surface area (Å²) in [5.74, 6) is -6.00. The van der Waals surface area contributed by atoms with Crippen LogP contribution in [0.2, 0.25) is 0 Å². The summed E-state index contributed by atoms with van der Waals surface area (Å²) in [4.78, 5) is 0. The Bertz CT molecular complexity index is 650. The van der Waals surface area contributed by atoms with Crippen LogP contribution in [0.25, 0.3) is 0 Å². The van der Waals surface area contributed by atoms with E-state index in [0.717, 1.165) is 30.5 Å². The molecule has 0 heterocycles. The molecule has 0 unspecified atom stereocenters. The third-order valence-electron chi connectivity index (χ3n) is 2.32. The second-order valence-corrected chi connectivity index (χ2v) is 3.80. The van der Waals surface area contributed by atoms with Gasteiger partial charge in [-0.25, -0.2) is 22.0 Å². The molecule has 20 heavy (non-hydrogen) atoms. The highest BCUT2D eigenvalue weighted by atomic mass is 19.2. The monoisotopic (exact) mass is 286 g/mol. The van der Waals surface area contributed by atoms with Crippen molar-refractivity contribution in [2.45, 2.75) is 0 Å². The maximum Gasteiger partial charge on any atom is 0.196 e. The van der Waals surface area contributed by atoms with Gasteiger partial charge in [0.05, 0.1) is 11.9 Å². The highest BCUT2D eigenvalue weighted by Crippen LogP contribution is 2.19. The van der Waals surface area contributed by atoms with E-state index in [2.05, 4.69) is 10.5 Å². The van der Waals surface area contributed by atoms with Gasteiger partial charge >= 0.3 is 0 Å². The normalized spacial score (nSPS) is 11.1. The lowest BCUT2D eigenvalue weighted by molar-refractivity contribution is 0.449. The van der Waals surface area contributed by atoms with E-state index < -0.39 is 34.8 Å². The largest absolute Gasteiger partial charge is 0.275 e. The number of hydrogen-bond donors (Lipinski definition) is 1. The molecule has 0 spiro atoms. The lowest BCUT2D eigenvalue weighted by Gasteiger charge is -2.03. The second-order valence-electron chi connectivity index (χ2n) is 3.80. The summed E-state index contributed by atoms with van der Waals surface area (Å²) in [6, 6.07) is 4.33. The molecule has 0 radical (unpaired) electrons. The van der Waals surface area contributed by atoms with Gasteiger partial charge in [-0.3, -0.25) is 5.43 Å². The topological polar surface area (TPSA) is 24.4 Å². The van der Waals surface area contributed by atoms with Crippen LogP contribution in [0.5, 0.6) is 0 Å². The minimum absolute atomic E-state index is 0.0815. The van der Waals surface area contributed by atoms with Crippen LogP contribution in [0, 0.1) is 29.1 Å². The lowest BCUT2D eigenvalue weighted by atomic mass is 10.2. The quantitative estimate of drug-likeness (QED) is 0.394. The van der Waals surface area contributed by atoms with Gasteiger partial charge in [0.25, 0.3) is 0 Å². The van der Waals surface area contributed by atoms with Crippen LogP contribution < -0.4 is 5.43 Å². The number of hydrogen-bond acceptors (Lipinski definition) is 2. The lowest BCUT2D eigenvalue weighted by Crippen LogP contribution is -1.98. The van der Waals surface area contributed by atoms with Crippen molar-refractivity contribution in [1.82, 2.24) is 0 Å². The Balaban J connectivity index is 2.16. The Morgan fingerprint density at radius 2 is 1.50 bits per heavy atom. The number of hydrazone groups is 1. The minimum atomic E-state index is -1.64. The van der Waals surface area contributed by atoms with Gasteiger partial charge in [-0.1, -0.05) is 0 Å². The van der Waals surface area contributed by atoms with E-state index in [4.69, 9.17) is 0 Å². The Kier molecular flexibility index (Phi) is 3.97. The van der Waals surface area contributed by atoms with Gasteiger partial charge in [0.15, 0.2) is 17.5 Å². The third kappa shape index (κ3) is 3.11. The SMILES string of the molecule is Fc1cc(F)cc(/C=N/Nc2ccc(F)c(F)c2F)c1. The van der Waals surface area contributed by atoms with Crippen LogP contribution in [0.15, 0.2) is 35.4 Å². The van der Waals surface area contributed by atoms with Crippen molar-refractivity contribution in [3.63, 3.8) is 0 Å². The van der Waals surface area contributed by atoms with Crippen molar-refractivity contribution in [3.8, 4) is 0 Å². The summed E-state index contributed by atoms with van der Waals surface area (Å²) in [6.07, 6.45) is 1.01. The van der Waals surface area contributed by atoms with Gasteiger partial charge in [0.2, 0.25) is 0 Å². The van der Waals surface area contributed by atoms with Crippen molar-refractivity contribution >= 4 is 11.9 Å². The van der Waals surface area contributed by atoms with E-state index >= 15 is 0 Å². The summed E-state index contributed by atoms with van der Waals surface area (Å²) in [7, 11) is 0. The molecule has 0 amide bonds. The predicted molar refractivity (Wildman–Crippen MR) is 63.9 cm³/mol. The summed E-state index contributed by atoms with van der Waals surface area (Å²) in [6.45, 7) is 0. The Hall–Kier alpha value is -2.44. The Morgan fingerprint density at radius 1 is 0.850 bits per heavy atom. The molecule has 0 aliphatic carbocycles. The number of rotatable bonds is 3. The van der Waals surface area contributed by atoms with E-state index in [1.165, 1.54) is 0 Å². The van der Waals surface area contributed by atoms with E-state index in [1.807, 2.05) is 0 Å². The average Bonchev–Trinajstić information content (AvgIpc) is 2.38. The molecule has 2 nitrogen and oxygen atoms in total. The zero-order valence-electron chi connectivity index (χ0n) is 9.80. The number of anilines is 1. The summed E-state index contributed by atoms with van der Waals surface area (Å²) in [5, 5.41) is 3.49. The molecule has 2 aromatic carbocycles. The predicted octanol–water partition coefficient (Wildman–Crippen LogP) is 3.83. The number of halogens is 5. The van der Waals surface area contributed by atoms with Gasteiger partial charge in [0, 0.05) is 11.6 Å². The van der Waals surface area contributed by atoms with Gasteiger partial charge in [-0.2, -0.15) is 5.10 Å². The molecule has 2 aromatic rings. The zero-order valence-corrected chi connectivity index (χ0v) is 9.80. The van der Waals surface area contributed by atoms with Crippen LogP contribution in [-0.2, 0) is 0 Å². The van der Waals surface area contributed by atoms with E-state index in [-0.39, 0.29) is 5.56 Å². The Morgan fingerprint density at radius 3 is 2.15 bits per heavy atom. The average molecular weight is 286 g/mol. The van der Waals surface area contributed by atoms with E-state index in [1.54, 1.807) is 0 Å². The van der Waals surface area contributed by atoms with Gasteiger partial charge < -0.3 is 0 Å². The molecule has 0 aliphatic rings. The molecular formula is C13H7F5N2. The molecule has 0 saturated heterocycles. The number of benzene rings is 2. The molecule has 0 aliphatic heterocycles. The molecule has 7 heteroatoms. The molecule has 0 atom stereocenters. The van der Waals surface area contributed by atoms with E-state index in [9.17, 15) is 22.0 Å². The number of nitrogens with zero attached hydrogens (tertiary/aromatic N) is 1. The fourth-order valence-electron chi connectivity index (χ4n) is 1.44. The molecule has 1 N–H and O–H groups in total. The third-order valence-corrected chi connectivity index (χ3v) is 2.32. The summed E-state index contributed by atoms with van der Waals surface area (Å²) < 4.78 is 64.6. The molecule has 2 rings (SSSR count). The van der Waals surface area contributed by atoms with Crippen molar-refractivity contribution in [2.24, 2.45) is 5.10 Å². The van der Waals surface area contributed by atoms with Crippen LogP contribution in [0.1, 0.15) is 5.56 Å². The fraction of sp³-hybridized carbons (Fsp3) is 0. The van der Waals surface area contributed by atoms with Crippen molar-refractivity contribution in [3.05, 3.63) is 65.0 Å². The second kappa shape index (κ2) is 5.68. The minimum Gasteiger partial charge on any atom is -0.275 e. The molecule has 0 bridgehead atoms.